The zero-order valence-electron chi connectivity index (χ0n) is 17.8. The number of hydrogen-bond donors (Lipinski definition) is 3. The largest absolute Gasteiger partial charge is 0.490 e. The van der Waals surface area contributed by atoms with E-state index in [1.54, 1.807) is 43.3 Å². The third kappa shape index (κ3) is 7.78. The minimum absolute atomic E-state index is 0.135. The van der Waals surface area contributed by atoms with Crippen molar-refractivity contribution in [2.75, 3.05) is 25.1 Å². The van der Waals surface area contributed by atoms with Crippen molar-refractivity contribution in [3.63, 3.8) is 0 Å². The molecule has 1 amide bonds. The highest BCUT2D eigenvalue weighted by Gasteiger charge is 2.10. The summed E-state index contributed by atoms with van der Waals surface area (Å²) in [5.74, 6) is 0.592. The summed E-state index contributed by atoms with van der Waals surface area (Å²) in [5, 5.41) is 3.13. The molecule has 0 aliphatic heterocycles. The Morgan fingerprint density at radius 1 is 0.871 bits per heavy atom. The van der Waals surface area contributed by atoms with E-state index in [2.05, 4.69) is 16.2 Å². The summed E-state index contributed by atoms with van der Waals surface area (Å²) in [4.78, 5) is 23.9. The molecule has 9 heteroatoms. The van der Waals surface area contributed by atoms with Crippen LogP contribution in [-0.2, 0) is 16.0 Å². The number of hydrazine groups is 1. The van der Waals surface area contributed by atoms with Crippen LogP contribution >= 0.6 is 12.2 Å². The van der Waals surface area contributed by atoms with Gasteiger partial charge in [-0.15, -0.1) is 0 Å². The van der Waals surface area contributed by atoms with Crippen molar-refractivity contribution < 1.29 is 23.8 Å². The number of nitrogens with one attached hydrogen (secondary N) is 3. The van der Waals surface area contributed by atoms with Crippen molar-refractivity contribution in [2.45, 2.75) is 27.2 Å². The van der Waals surface area contributed by atoms with E-state index in [1.807, 2.05) is 19.9 Å². The van der Waals surface area contributed by atoms with E-state index in [-0.39, 0.29) is 23.4 Å². The van der Waals surface area contributed by atoms with Gasteiger partial charge in [0.25, 0.3) is 0 Å². The summed E-state index contributed by atoms with van der Waals surface area (Å²) in [6, 6.07) is 12.0. The number of amides is 1. The lowest BCUT2D eigenvalue weighted by molar-refractivity contribution is -0.121. The Balaban J connectivity index is 1.84. The fourth-order valence-corrected chi connectivity index (χ4v) is 2.80. The minimum atomic E-state index is -0.385. The fourth-order valence-electron chi connectivity index (χ4n) is 2.63. The van der Waals surface area contributed by atoms with Gasteiger partial charge in [0.1, 0.15) is 0 Å². The van der Waals surface area contributed by atoms with Gasteiger partial charge in [-0.25, -0.2) is 4.79 Å². The molecule has 0 unspecified atom stereocenters. The van der Waals surface area contributed by atoms with Gasteiger partial charge in [0.05, 0.1) is 31.8 Å². The van der Waals surface area contributed by atoms with Gasteiger partial charge >= 0.3 is 5.97 Å². The second kappa shape index (κ2) is 12.4. The van der Waals surface area contributed by atoms with E-state index in [9.17, 15) is 9.59 Å². The molecule has 0 saturated heterocycles. The number of esters is 1. The standard InChI is InChI=1S/C22H27N3O5S/c1-4-28-18-12-7-15(13-19(18)29-5-2)14-20(26)24-25-22(31)23-17-10-8-16(9-11-17)21(27)30-6-3/h7-13H,4-6,14H2,1-3H3,(H,24,26)(H2,23,25,31). The van der Waals surface area contributed by atoms with E-state index in [1.165, 1.54) is 0 Å². The summed E-state index contributed by atoms with van der Waals surface area (Å²) >= 11 is 5.18. The number of carbonyl (C=O) groups is 2. The fraction of sp³-hybridized carbons (Fsp3) is 0.318. The van der Waals surface area contributed by atoms with Gasteiger partial charge in [0.15, 0.2) is 16.6 Å². The topological polar surface area (TPSA) is 97.9 Å². The van der Waals surface area contributed by atoms with E-state index >= 15 is 0 Å². The lowest BCUT2D eigenvalue weighted by Gasteiger charge is -2.14. The molecule has 0 spiro atoms. The highest BCUT2D eigenvalue weighted by Crippen LogP contribution is 2.28. The van der Waals surface area contributed by atoms with Gasteiger partial charge in [-0.05, 0) is 75.0 Å². The lowest BCUT2D eigenvalue weighted by Crippen LogP contribution is -2.44. The third-order valence-electron chi connectivity index (χ3n) is 3.94. The number of ether oxygens (including phenoxy) is 3. The summed E-state index contributed by atoms with van der Waals surface area (Å²) < 4.78 is 16.1. The molecule has 3 N–H and O–H groups in total. The van der Waals surface area contributed by atoms with Crippen LogP contribution < -0.4 is 25.6 Å². The average molecular weight is 446 g/mol. The summed E-state index contributed by atoms with van der Waals surface area (Å²) in [5.41, 5.74) is 7.09. The van der Waals surface area contributed by atoms with Crippen molar-refractivity contribution in [2.24, 2.45) is 0 Å². The molecule has 8 nitrogen and oxygen atoms in total. The first-order valence-electron chi connectivity index (χ1n) is 9.98. The van der Waals surface area contributed by atoms with Crippen LogP contribution in [0, 0.1) is 0 Å². The molecular formula is C22H27N3O5S. The van der Waals surface area contributed by atoms with Crippen LogP contribution in [0.25, 0.3) is 0 Å². The smallest absolute Gasteiger partial charge is 0.338 e. The third-order valence-corrected chi connectivity index (χ3v) is 4.15. The van der Waals surface area contributed by atoms with E-state index in [0.29, 0.717) is 42.6 Å². The Hall–Kier alpha value is -3.33. The lowest BCUT2D eigenvalue weighted by atomic mass is 10.1. The zero-order valence-corrected chi connectivity index (χ0v) is 18.6. The second-order valence-electron chi connectivity index (χ2n) is 6.25. The molecular weight excluding hydrogens is 418 g/mol. The highest BCUT2D eigenvalue weighted by molar-refractivity contribution is 7.80. The van der Waals surface area contributed by atoms with Crippen molar-refractivity contribution >= 4 is 34.9 Å². The molecule has 166 valence electrons. The Morgan fingerprint density at radius 3 is 2.19 bits per heavy atom. The van der Waals surface area contributed by atoms with Crippen molar-refractivity contribution in [1.29, 1.82) is 0 Å². The maximum Gasteiger partial charge on any atom is 0.338 e. The Labute approximate surface area is 187 Å². The summed E-state index contributed by atoms with van der Waals surface area (Å²) in [6.07, 6.45) is 0.135. The molecule has 0 bridgehead atoms. The van der Waals surface area contributed by atoms with Gasteiger partial charge in [0, 0.05) is 5.69 Å². The monoisotopic (exact) mass is 445 g/mol. The number of thiocarbonyl (C=S) groups is 1. The normalized spacial score (nSPS) is 10.0. The van der Waals surface area contributed by atoms with Crippen molar-refractivity contribution in [3.8, 4) is 11.5 Å². The second-order valence-corrected chi connectivity index (χ2v) is 6.66. The summed E-state index contributed by atoms with van der Waals surface area (Å²) in [7, 11) is 0. The molecule has 0 saturated carbocycles. The first kappa shape index (κ1) is 23.9. The van der Waals surface area contributed by atoms with Gasteiger partial charge in [-0.2, -0.15) is 0 Å². The number of anilines is 1. The summed E-state index contributed by atoms with van der Waals surface area (Å²) in [6.45, 7) is 6.87. The highest BCUT2D eigenvalue weighted by atomic mass is 32.1. The van der Waals surface area contributed by atoms with E-state index in [4.69, 9.17) is 26.4 Å². The van der Waals surface area contributed by atoms with Crippen LogP contribution in [-0.4, -0.2) is 36.8 Å². The van der Waals surface area contributed by atoms with Crippen LogP contribution in [0.2, 0.25) is 0 Å². The van der Waals surface area contributed by atoms with Crippen LogP contribution in [0.5, 0.6) is 11.5 Å². The van der Waals surface area contributed by atoms with Gasteiger partial charge in [0.2, 0.25) is 5.91 Å². The van der Waals surface area contributed by atoms with E-state index < -0.39 is 0 Å². The number of benzene rings is 2. The molecule has 31 heavy (non-hydrogen) atoms. The quantitative estimate of drug-likeness (QED) is 0.308. The Morgan fingerprint density at radius 2 is 1.55 bits per heavy atom. The van der Waals surface area contributed by atoms with Crippen LogP contribution in [0.4, 0.5) is 5.69 Å². The predicted octanol–water partition coefficient (Wildman–Crippen LogP) is 3.22. The Kier molecular flexibility index (Phi) is 9.57. The molecule has 0 fully saturated rings. The molecule has 0 aliphatic carbocycles. The van der Waals surface area contributed by atoms with Crippen LogP contribution in [0.3, 0.4) is 0 Å². The average Bonchev–Trinajstić information content (AvgIpc) is 2.75. The van der Waals surface area contributed by atoms with Crippen molar-refractivity contribution in [1.82, 2.24) is 10.9 Å². The number of carbonyl (C=O) groups excluding carboxylic acids is 2. The van der Waals surface area contributed by atoms with Gasteiger partial charge < -0.3 is 19.5 Å². The molecule has 0 radical (unpaired) electrons. The van der Waals surface area contributed by atoms with Crippen LogP contribution in [0.15, 0.2) is 42.5 Å². The molecule has 2 rings (SSSR count). The number of rotatable bonds is 9. The van der Waals surface area contributed by atoms with Gasteiger partial charge in [-0.3, -0.25) is 15.6 Å². The molecule has 0 atom stereocenters. The number of hydrogen-bond acceptors (Lipinski definition) is 6. The van der Waals surface area contributed by atoms with E-state index in [0.717, 1.165) is 5.56 Å². The maximum atomic E-state index is 12.2. The predicted molar refractivity (Wildman–Crippen MR) is 122 cm³/mol. The molecule has 0 aromatic heterocycles. The van der Waals surface area contributed by atoms with Crippen molar-refractivity contribution in [3.05, 3.63) is 53.6 Å². The minimum Gasteiger partial charge on any atom is -0.490 e. The Bertz CT molecular complexity index is 903. The first-order chi connectivity index (χ1) is 15.0. The van der Waals surface area contributed by atoms with Crippen LogP contribution in [0.1, 0.15) is 36.7 Å². The SMILES string of the molecule is CCOC(=O)c1ccc(NC(=S)NNC(=O)Cc2ccc(OCC)c(OCC)c2)cc1. The maximum absolute atomic E-state index is 12.2. The van der Waals surface area contributed by atoms with Gasteiger partial charge in [-0.1, -0.05) is 6.07 Å². The molecule has 2 aromatic carbocycles. The zero-order chi connectivity index (χ0) is 22.6. The molecule has 2 aromatic rings. The molecule has 0 heterocycles. The molecule has 0 aliphatic rings. The first-order valence-corrected chi connectivity index (χ1v) is 10.4.